The van der Waals surface area contributed by atoms with E-state index < -0.39 is 6.10 Å². The number of hydrogen-bond acceptors (Lipinski definition) is 6. The summed E-state index contributed by atoms with van der Waals surface area (Å²) >= 11 is 0. The molecule has 2 bridgehead atoms. The molecule has 30 heavy (non-hydrogen) atoms. The van der Waals surface area contributed by atoms with E-state index in [0.29, 0.717) is 13.0 Å². The molecular formula is C24H35NO5. The number of nitrogens with zero attached hydrogens (tertiary/aromatic N) is 1. The molecular weight excluding hydrogens is 382 g/mol. The maximum atomic E-state index is 10.8. The third-order valence-electron chi connectivity index (χ3n) is 7.14. The zero-order valence-electron chi connectivity index (χ0n) is 18.6. The first-order chi connectivity index (χ1) is 14.3. The van der Waals surface area contributed by atoms with Crippen molar-refractivity contribution in [2.75, 3.05) is 33.4 Å². The second-order valence-electron chi connectivity index (χ2n) is 10.6. The molecule has 1 aromatic rings. The number of methoxy groups -OCH3 is 1. The topological polar surface area (TPSA) is 60.4 Å². The van der Waals surface area contributed by atoms with Crippen LogP contribution in [0.5, 0.6) is 11.5 Å². The molecule has 4 fully saturated rings. The highest BCUT2D eigenvalue weighted by molar-refractivity contribution is 5.50. The fourth-order valence-corrected chi connectivity index (χ4v) is 5.72. The zero-order chi connectivity index (χ0) is 21.1. The first-order valence-electron chi connectivity index (χ1n) is 11.3. The van der Waals surface area contributed by atoms with Gasteiger partial charge in [-0.15, -0.1) is 0 Å². The third kappa shape index (κ3) is 3.72. The second-order valence-corrected chi connectivity index (χ2v) is 10.6. The average molecular weight is 418 g/mol. The standard InChI is InChI=1S/C24H35NO5/c1-23(2,3)30-22-12-25-6-5-16-7-21(28-14-24-10-15(11-24)13-29-24)20(27-4)8-17(16)18(25)9-19(22)26/h7-8,15,18-19,22,26H,5-6,9-14H2,1-4H3/t15?,18-,19-,22-,24?/m1/s1. The highest BCUT2D eigenvalue weighted by Gasteiger charge is 2.52. The summed E-state index contributed by atoms with van der Waals surface area (Å²) in [5.74, 6) is 2.31. The van der Waals surface area contributed by atoms with Crippen molar-refractivity contribution < 1.29 is 24.1 Å². The molecule has 5 aliphatic rings. The van der Waals surface area contributed by atoms with Crippen LogP contribution in [0.15, 0.2) is 12.1 Å². The molecule has 1 saturated carbocycles. The van der Waals surface area contributed by atoms with Crippen molar-refractivity contribution in [2.45, 2.75) is 75.9 Å². The molecule has 1 N–H and O–H groups in total. The Morgan fingerprint density at radius 3 is 2.70 bits per heavy atom. The molecule has 1 aromatic carbocycles. The Kier molecular flexibility index (Phi) is 5.05. The van der Waals surface area contributed by atoms with E-state index in [1.807, 2.05) is 20.8 Å². The van der Waals surface area contributed by atoms with E-state index >= 15 is 0 Å². The Hall–Kier alpha value is -1.34. The van der Waals surface area contributed by atoms with Gasteiger partial charge in [0.25, 0.3) is 0 Å². The molecule has 6 rings (SSSR count). The van der Waals surface area contributed by atoms with Crippen molar-refractivity contribution in [1.29, 1.82) is 0 Å². The molecule has 4 heterocycles. The Morgan fingerprint density at radius 2 is 2.03 bits per heavy atom. The van der Waals surface area contributed by atoms with E-state index in [1.54, 1.807) is 7.11 Å². The summed E-state index contributed by atoms with van der Waals surface area (Å²) in [6.45, 7) is 9.33. The minimum Gasteiger partial charge on any atom is -0.493 e. The van der Waals surface area contributed by atoms with Crippen LogP contribution >= 0.6 is 0 Å². The number of piperidine rings is 1. The number of fused-ring (bicyclic) bond motifs is 4. The number of rotatable bonds is 5. The van der Waals surface area contributed by atoms with Crippen LogP contribution in [0.3, 0.4) is 0 Å². The SMILES string of the molecule is COc1cc2c(cc1OCC13CC(CO1)C3)CCN1C[C@@H](OC(C)(C)C)[C@H](O)C[C@H]21. The summed E-state index contributed by atoms with van der Waals surface area (Å²) in [5.41, 5.74) is 2.21. The van der Waals surface area contributed by atoms with Crippen molar-refractivity contribution in [3.05, 3.63) is 23.3 Å². The summed E-state index contributed by atoms with van der Waals surface area (Å²) in [6.07, 6.45) is 3.26. The zero-order valence-corrected chi connectivity index (χ0v) is 18.6. The van der Waals surface area contributed by atoms with Crippen LogP contribution in [0.2, 0.25) is 0 Å². The number of benzene rings is 1. The molecule has 3 atom stereocenters. The molecule has 6 heteroatoms. The van der Waals surface area contributed by atoms with Gasteiger partial charge in [0.05, 0.1) is 31.5 Å². The Balaban J connectivity index is 1.33. The summed E-state index contributed by atoms with van der Waals surface area (Å²) in [4.78, 5) is 2.45. The summed E-state index contributed by atoms with van der Waals surface area (Å²) in [7, 11) is 1.70. The predicted molar refractivity (Wildman–Crippen MR) is 113 cm³/mol. The Bertz CT molecular complexity index is 792. The summed E-state index contributed by atoms with van der Waals surface area (Å²) < 4.78 is 24.0. The van der Waals surface area contributed by atoms with Gasteiger partial charge in [0, 0.05) is 19.1 Å². The van der Waals surface area contributed by atoms with Gasteiger partial charge >= 0.3 is 0 Å². The van der Waals surface area contributed by atoms with Crippen molar-refractivity contribution in [1.82, 2.24) is 4.90 Å². The van der Waals surface area contributed by atoms with Crippen LogP contribution in [0.25, 0.3) is 0 Å². The second kappa shape index (κ2) is 7.37. The summed E-state index contributed by atoms with van der Waals surface area (Å²) in [6, 6.07) is 4.46. The monoisotopic (exact) mass is 417 g/mol. The summed E-state index contributed by atoms with van der Waals surface area (Å²) in [5, 5.41) is 10.8. The molecule has 3 saturated heterocycles. The van der Waals surface area contributed by atoms with Crippen molar-refractivity contribution >= 4 is 0 Å². The van der Waals surface area contributed by atoms with Gasteiger partial charge in [-0.2, -0.15) is 0 Å². The Labute approximate surface area is 179 Å². The van der Waals surface area contributed by atoms with Gasteiger partial charge in [0.15, 0.2) is 11.5 Å². The lowest BCUT2D eigenvalue weighted by molar-refractivity contribution is -0.149. The van der Waals surface area contributed by atoms with Crippen molar-refractivity contribution in [3.8, 4) is 11.5 Å². The molecule has 0 aromatic heterocycles. The molecule has 6 nitrogen and oxygen atoms in total. The van der Waals surface area contributed by atoms with Gasteiger partial charge in [-0.05, 0) is 75.6 Å². The van der Waals surface area contributed by atoms with Gasteiger partial charge in [-0.3, -0.25) is 4.90 Å². The van der Waals surface area contributed by atoms with E-state index in [-0.39, 0.29) is 23.3 Å². The predicted octanol–water partition coefficient (Wildman–Crippen LogP) is 3.10. The van der Waals surface area contributed by atoms with Crippen LogP contribution in [0, 0.1) is 5.92 Å². The molecule has 1 aliphatic carbocycles. The van der Waals surface area contributed by atoms with Crippen molar-refractivity contribution in [2.24, 2.45) is 5.92 Å². The van der Waals surface area contributed by atoms with Gasteiger partial charge < -0.3 is 24.1 Å². The fraction of sp³-hybridized carbons (Fsp3) is 0.750. The first-order valence-corrected chi connectivity index (χ1v) is 11.3. The van der Waals surface area contributed by atoms with Crippen LogP contribution in [0.4, 0.5) is 0 Å². The highest BCUT2D eigenvalue weighted by atomic mass is 16.6. The molecule has 166 valence electrons. The van der Waals surface area contributed by atoms with Crippen LogP contribution in [-0.2, 0) is 15.9 Å². The van der Waals surface area contributed by atoms with Gasteiger partial charge in [-0.1, -0.05) is 0 Å². The fourth-order valence-electron chi connectivity index (χ4n) is 5.72. The normalized spacial score (nSPS) is 35.4. The van der Waals surface area contributed by atoms with Gasteiger partial charge in [0.2, 0.25) is 0 Å². The number of hydrogen-bond donors (Lipinski definition) is 1. The molecule has 0 amide bonds. The van der Waals surface area contributed by atoms with E-state index in [4.69, 9.17) is 18.9 Å². The minimum atomic E-state index is -0.469. The molecule has 0 spiro atoms. The van der Waals surface area contributed by atoms with E-state index in [0.717, 1.165) is 56.4 Å². The lowest BCUT2D eigenvalue weighted by atomic mass is 9.75. The van der Waals surface area contributed by atoms with Crippen LogP contribution < -0.4 is 9.47 Å². The number of ether oxygens (including phenoxy) is 4. The minimum absolute atomic E-state index is 0.0715. The number of aliphatic hydroxyl groups excluding tert-OH is 1. The molecule has 0 unspecified atom stereocenters. The Morgan fingerprint density at radius 1 is 1.23 bits per heavy atom. The highest BCUT2D eigenvalue weighted by Crippen LogP contribution is 2.49. The third-order valence-corrected chi connectivity index (χ3v) is 7.14. The van der Waals surface area contributed by atoms with Crippen molar-refractivity contribution in [3.63, 3.8) is 0 Å². The maximum absolute atomic E-state index is 10.8. The molecule has 0 radical (unpaired) electrons. The smallest absolute Gasteiger partial charge is 0.161 e. The van der Waals surface area contributed by atoms with E-state index in [9.17, 15) is 5.11 Å². The lowest BCUT2D eigenvalue weighted by Gasteiger charge is -2.47. The lowest BCUT2D eigenvalue weighted by Crippen LogP contribution is -2.53. The quantitative estimate of drug-likeness (QED) is 0.795. The largest absolute Gasteiger partial charge is 0.493 e. The van der Waals surface area contributed by atoms with Gasteiger partial charge in [-0.25, -0.2) is 0 Å². The van der Waals surface area contributed by atoms with Crippen LogP contribution in [0.1, 0.15) is 57.2 Å². The van der Waals surface area contributed by atoms with Crippen LogP contribution in [-0.4, -0.2) is 66.8 Å². The van der Waals surface area contributed by atoms with Gasteiger partial charge in [0.1, 0.15) is 12.2 Å². The average Bonchev–Trinajstić information content (AvgIpc) is 3.26. The molecule has 4 aliphatic heterocycles. The van der Waals surface area contributed by atoms with E-state index in [1.165, 1.54) is 11.1 Å². The maximum Gasteiger partial charge on any atom is 0.161 e. The number of aliphatic hydroxyl groups is 1. The van der Waals surface area contributed by atoms with E-state index in [2.05, 4.69) is 17.0 Å². The first kappa shape index (κ1) is 20.6.